The third kappa shape index (κ3) is 3.97. The molecule has 0 bridgehead atoms. The molecule has 3 unspecified atom stereocenters. The van der Waals surface area contributed by atoms with E-state index in [-0.39, 0.29) is 0 Å². The molecule has 2 nitrogen and oxygen atoms in total. The van der Waals surface area contributed by atoms with E-state index in [1.807, 2.05) is 6.07 Å². The highest BCUT2D eigenvalue weighted by Gasteiger charge is 2.41. The van der Waals surface area contributed by atoms with Crippen LogP contribution in [-0.2, 0) is 11.2 Å². The highest BCUT2D eigenvalue weighted by Crippen LogP contribution is 2.34. The molecule has 0 aromatic heterocycles. The lowest BCUT2D eigenvalue weighted by Gasteiger charge is -2.15. The van der Waals surface area contributed by atoms with Gasteiger partial charge in [-0.3, -0.25) is 0 Å². The number of hydrogen-bond acceptors (Lipinski definition) is 2. The van der Waals surface area contributed by atoms with E-state index in [1.165, 1.54) is 5.56 Å². The Bertz CT molecular complexity index is 400. The van der Waals surface area contributed by atoms with E-state index in [0.29, 0.717) is 24.0 Å². The molecule has 3 atom stereocenters. The average molecular weight is 262 g/mol. The van der Waals surface area contributed by atoms with Gasteiger partial charge >= 0.3 is 0 Å². The minimum atomic E-state index is 0.447. The molecule has 1 heterocycles. The predicted octanol–water partition coefficient (Wildman–Crippen LogP) is 4.08. The zero-order chi connectivity index (χ0) is 13.8. The van der Waals surface area contributed by atoms with E-state index in [1.54, 1.807) is 0 Å². The van der Waals surface area contributed by atoms with Crippen LogP contribution >= 0.6 is 0 Å². The van der Waals surface area contributed by atoms with Gasteiger partial charge in [0.15, 0.2) is 0 Å². The third-order valence-electron chi connectivity index (χ3n) is 3.67. The topological polar surface area (TPSA) is 21.8 Å². The minimum Gasteiger partial charge on any atom is -0.493 e. The van der Waals surface area contributed by atoms with Crippen molar-refractivity contribution in [3.05, 3.63) is 29.8 Å². The van der Waals surface area contributed by atoms with Crippen LogP contribution in [0.3, 0.4) is 0 Å². The van der Waals surface area contributed by atoms with E-state index in [4.69, 9.17) is 9.47 Å². The van der Waals surface area contributed by atoms with Crippen LogP contribution in [0.15, 0.2) is 24.3 Å². The summed E-state index contributed by atoms with van der Waals surface area (Å²) in [6.07, 6.45) is 3.09. The number of hydrogen-bond donors (Lipinski definition) is 0. The quantitative estimate of drug-likeness (QED) is 0.691. The van der Waals surface area contributed by atoms with Crippen LogP contribution in [0, 0.1) is 11.8 Å². The first-order valence-electron chi connectivity index (χ1n) is 7.48. The largest absolute Gasteiger partial charge is 0.493 e. The van der Waals surface area contributed by atoms with Crippen LogP contribution in [0.25, 0.3) is 0 Å². The van der Waals surface area contributed by atoms with Crippen molar-refractivity contribution in [2.75, 3.05) is 6.61 Å². The van der Waals surface area contributed by atoms with Gasteiger partial charge in [-0.25, -0.2) is 0 Å². The Morgan fingerprint density at radius 1 is 1.21 bits per heavy atom. The standard InChI is InChI=1S/C17H26O2/c1-5-15-17(19-15)13(4)10-14-8-6-7-9-16(14)18-11-12(2)3/h6-9,12-13,15,17H,5,10-11H2,1-4H3. The molecule has 0 aliphatic carbocycles. The summed E-state index contributed by atoms with van der Waals surface area (Å²) < 4.78 is 11.6. The Hall–Kier alpha value is -1.02. The second-order valence-electron chi connectivity index (χ2n) is 6.04. The van der Waals surface area contributed by atoms with Gasteiger partial charge < -0.3 is 9.47 Å². The summed E-state index contributed by atoms with van der Waals surface area (Å²) in [6.45, 7) is 9.60. The maximum absolute atomic E-state index is 5.91. The monoisotopic (exact) mass is 262 g/mol. The van der Waals surface area contributed by atoms with E-state index in [0.717, 1.165) is 25.2 Å². The van der Waals surface area contributed by atoms with Crippen LogP contribution in [0.2, 0.25) is 0 Å². The van der Waals surface area contributed by atoms with E-state index in [2.05, 4.69) is 45.9 Å². The van der Waals surface area contributed by atoms with Crippen molar-refractivity contribution in [3.63, 3.8) is 0 Å². The van der Waals surface area contributed by atoms with Gasteiger partial charge in [-0.1, -0.05) is 45.9 Å². The number of benzene rings is 1. The fraction of sp³-hybridized carbons (Fsp3) is 0.647. The van der Waals surface area contributed by atoms with E-state index < -0.39 is 0 Å². The van der Waals surface area contributed by atoms with Gasteiger partial charge in [0.2, 0.25) is 0 Å². The summed E-state index contributed by atoms with van der Waals surface area (Å²) in [5.41, 5.74) is 1.31. The van der Waals surface area contributed by atoms with E-state index in [9.17, 15) is 0 Å². The van der Waals surface area contributed by atoms with Crippen LogP contribution < -0.4 is 4.74 Å². The third-order valence-corrected chi connectivity index (χ3v) is 3.67. The average Bonchev–Trinajstić information content (AvgIpc) is 3.17. The predicted molar refractivity (Wildman–Crippen MR) is 78.6 cm³/mol. The number of rotatable bonds is 7. The lowest BCUT2D eigenvalue weighted by Crippen LogP contribution is -2.12. The van der Waals surface area contributed by atoms with Crippen LogP contribution in [0.5, 0.6) is 5.75 Å². The Morgan fingerprint density at radius 2 is 1.95 bits per heavy atom. The van der Waals surface area contributed by atoms with Gasteiger partial charge in [0.05, 0.1) is 18.8 Å². The molecule has 1 saturated heterocycles. The summed E-state index contributed by atoms with van der Waals surface area (Å²) in [5, 5.41) is 0. The first-order chi connectivity index (χ1) is 9.11. The molecule has 1 aromatic carbocycles. The smallest absolute Gasteiger partial charge is 0.122 e. The summed E-state index contributed by atoms with van der Waals surface area (Å²) in [4.78, 5) is 0. The number of epoxide rings is 1. The molecule has 1 fully saturated rings. The summed E-state index contributed by atoms with van der Waals surface area (Å²) >= 11 is 0. The highest BCUT2D eigenvalue weighted by atomic mass is 16.6. The first kappa shape index (κ1) is 14.4. The molecule has 0 saturated carbocycles. The van der Waals surface area contributed by atoms with Crippen molar-refractivity contribution in [1.29, 1.82) is 0 Å². The summed E-state index contributed by atoms with van der Waals surface area (Å²) in [6, 6.07) is 8.40. The fourth-order valence-electron chi connectivity index (χ4n) is 2.52. The van der Waals surface area contributed by atoms with Crippen molar-refractivity contribution in [2.24, 2.45) is 11.8 Å². The minimum absolute atomic E-state index is 0.447. The lowest BCUT2D eigenvalue weighted by atomic mass is 9.95. The Morgan fingerprint density at radius 3 is 2.58 bits per heavy atom. The van der Waals surface area contributed by atoms with Crippen LogP contribution in [0.4, 0.5) is 0 Å². The highest BCUT2D eigenvalue weighted by molar-refractivity contribution is 5.33. The molecule has 106 valence electrons. The van der Waals surface area contributed by atoms with Gasteiger partial charge in [0.25, 0.3) is 0 Å². The van der Waals surface area contributed by atoms with Gasteiger partial charge in [0, 0.05) is 0 Å². The zero-order valence-electron chi connectivity index (χ0n) is 12.6. The van der Waals surface area contributed by atoms with Gasteiger partial charge in [-0.05, 0) is 36.3 Å². The molecule has 0 radical (unpaired) electrons. The maximum atomic E-state index is 5.91. The molecule has 1 aliphatic heterocycles. The number of ether oxygens (including phenoxy) is 2. The maximum Gasteiger partial charge on any atom is 0.122 e. The van der Waals surface area contributed by atoms with Crippen molar-refractivity contribution < 1.29 is 9.47 Å². The van der Waals surface area contributed by atoms with Crippen LogP contribution in [0.1, 0.15) is 39.7 Å². The van der Waals surface area contributed by atoms with E-state index >= 15 is 0 Å². The number of para-hydroxylation sites is 1. The van der Waals surface area contributed by atoms with Gasteiger partial charge in [-0.15, -0.1) is 0 Å². The lowest BCUT2D eigenvalue weighted by molar-refractivity contribution is 0.266. The van der Waals surface area contributed by atoms with Crippen molar-refractivity contribution in [2.45, 2.75) is 52.7 Å². The Kier molecular flexibility index (Phi) is 4.87. The molecular formula is C17H26O2. The summed E-state index contributed by atoms with van der Waals surface area (Å²) in [5.74, 6) is 2.16. The van der Waals surface area contributed by atoms with Gasteiger partial charge in [0.1, 0.15) is 5.75 Å². The molecule has 2 rings (SSSR count). The Labute approximate surface area is 117 Å². The fourth-order valence-corrected chi connectivity index (χ4v) is 2.52. The molecule has 2 heteroatoms. The van der Waals surface area contributed by atoms with Crippen molar-refractivity contribution in [1.82, 2.24) is 0 Å². The second kappa shape index (κ2) is 6.42. The normalized spacial score (nSPS) is 23.4. The molecule has 0 spiro atoms. The van der Waals surface area contributed by atoms with Crippen molar-refractivity contribution in [3.8, 4) is 5.75 Å². The molecule has 0 N–H and O–H groups in total. The molecule has 1 aliphatic rings. The molecular weight excluding hydrogens is 236 g/mol. The second-order valence-corrected chi connectivity index (χ2v) is 6.04. The van der Waals surface area contributed by atoms with Crippen molar-refractivity contribution >= 4 is 0 Å². The molecule has 19 heavy (non-hydrogen) atoms. The zero-order valence-corrected chi connectivity index (χ0v) is 12.6. The Balaban J connectivity index is 1.95. The first-order valence-corrected chi connectivity index (χ1v) is 7.48. The molecule has 1 aromatic rings. The summed E-state index contributed by atoms with van der Waals surface area (Å²) in [7, 11) is 0. The molecule has 0 amide bonds. The van der Waals surface area contributed by atoms with Gasteiger partial charge in [-0.2, -0.15) is 0 Å². The van der Waals surface area contributed by atoms with Crippen LogP contribution in [-0.4, -0.2) is 18.8 Å². The SMILES string of the molecule is CCC1OC1C(C)Cc1ccccc1OCC(C)C.